The van der Waals surface area contributed by atoms with E-state index >= 15 is 0 Å². The highest BCUT2D eigenvalue weighted by molar-refractivity contribution is 6.00. The van der Waals surface area contributed by atoms with Crippen LogP contribution in [0.25, 0.3) is 11.3 Å². The Hall–Kier alpha value is -3.66. The van der Waals surface area contributed by atoms with Crippen LogP contribution in [0.15, 0.2) is 91.5 Å². The summed E-state index contributed by atoms with van der Waals surface area (Å²) >= 11 is 0. The maximum atomic E-state index is 14.3. The number of carbonyl (C=O) groups excluding carboxylic acids is 1. The molecular weight excluding hydrogens is 454 g/mol. The molecular formula is C33H39N3O. The number of allylic oxidation sites excluding steroid dienone is 5. The number of hydrogen-bond acceptors (Lipinski definition) is 2. The number of rotatable bonds is 9. The van der Waals surface area contributed by atoms with Gasteiger partial charge in [-0.25, -0.2) is 4.68 Å². The summed E-state index contributed by atoms with van der Waals surface area (Å²) in [5.41, 5.74) is 4.87. The molecule has 1 aromatic heterocycles. The third-order valence-corrected chi connectivity index (χ3v) is 7.68. The summed E-state index contributed by atoms with van der Waals surface area (Å²) in [6.07, 6.45) is 14.2. The van der Waals surface area contributed by atoms with Crippen LogP contribution in [0.2, 0.25) is 0 Å². The van der Waals surface area contributed by atoms with Crippen LogP contribution in [0, 0.1) is 5.92 Å². The first-order valence-electron chi connectivity index (χ1n) is 13.5. The van der Waals surface area contributed by atoms with Gasteiger partial charge in [0.05, 0.1) is 22.5 Å². The van der Waals surface area contributed by atoms with Gasteiger partial charge in [0.2, 0.25) is 0 Å². The van der Waals surface area contributed by atoms with E-state index in [9.17, 15) is 4.79 Å². The van der Waals surface area contributed by atoms with Crippen molar-refractivity contribution in [3.05, 3.63) is 114 Å². The Morgan fingerprint density at radius 3 is 2.32 bits per heavy atom. The van der Waals surface area contributed by atoms with Gasteiger partial charge in [-0.2, -0.15) is 5.10 Å². The minimum absolute atomic E-state index is 0.0635. The summed E-state index contributed by atoms with van der Waals surface area (Å²) < 4.78 is 1.93. The zero-order chi connectivity index (χ0) is 26.3. The Labute approximate surface area is 221 Å². The monoisotopic (exact) mass is 493 g/mol. The average Bonchev–Trinajstić information content (AvgIpc) is 3.34. The van der Waals surface area contributed by atoms with Crippen molar-refractivity contribution in [1.82, 2.24) is 15.1 Å². The zero-order valence-electron chi connectivity index (χ0n) is 22.4. The first kappa shape index (κ1) is 26.4. The fourth-order valence-electron chi connectivity index (χ4n) is 5.61. The Morgan fingerprint density at radius 2 is 1.70 bits per heavy atom. The van der Waals surface area contributed by atoms with Crippen molar-refractivity contribution in [2.45, 2.75) is 64.8 Å². The molecule has 2 aromatic carbocycles. The molecule has 4 heteroatoms. The smallest absolute Gasteiger partial charge is 0.256 e. The standard InChI is InChI=1S/C33H39N3O/c1-5-7-11-18-25(3)31-30(29(6-2)36(35-31)28-23-16-10-17-24-28)32(37)34-33(4,26-19-12-8-13-20-26)27-21-14-9-15-22-27/h5,7-8,10-13,16-20,23-24,27H,1,6,9,14-15,21-22H2,2-4H3,(H,34,37)/b11-7-,25-18+. The van der Waals surface area contributed by atoms with Gasteiger partial charge in [0.25, 0.3) is 5.91 Å². The third kappa shape index (κ3) is 5.69. The summed E-state index contributed by atoms with van der Waals surface area (Å²) in [7, 11) is 0. The lowest BCUT2D eigenvalue weighted by Gasteiger charge is -2.41. The molecule has 192 valence electrons. The van der Waals surface area contributed by atoms with Crippen molar-refractivity contribution in [3.63, 3.8) is 0 Å². The molecule has 1 N–H and O–H groups in total. The normalized spacial score (nSPS) is 16.5. The topological polar surface area (TPSA) is 46.9 Å². The molecule has 1 heterocycles. The average molecular weight is 494 g/mol. The quantitative estimate of drug-likeness (QED) is 0.309. The molecule has 1 aliphatic rings. The van der Waals surface area contributed by atoms with Crippen LogP contribution in [-0.4, -0.2) is 15.7 Å². The maximum absolute atomic E-state index is 14.3. The first-order chi connectivity index (χ1) is 18.0. The summed E-state index contributed by atoms with van der Waals surface area (Å²) in [4.78, 5) is 14.3. The van der Waals surface area contributed by atoms with Crippen LogP contribution >= 0.6 is 0 Å². The molecule has 0 radical (unpaired) electrons. The Kier molecular flexibility index (Phi) is 8.60. The van der Waals surface area contributed by atoms with Crippen molar-refractivity contribution < 1.29 is 4.79 Å². The molecule has 37 heavy (non-hydrogen) atoms. The summed E-state index contributed by atoms with van der Waals surface area (Å²) in [5.74, 6) is 0.323. The second-order valence-corrected chi connectivity index (χ2v) is 10.1. The fraction of sp³-hybridized carbons (Fsp3) is 0.333. The molecule has 1 fully saturated rings. The number of aromatic nitrogens is 2. The SMILES string of the molecule is C=C/C=C\C=C(/C)c1nn(-c2ccccc2)c(CC)c1C(=O)NC(C)(c1ccccc1)C1CCCCC1. The highest BCUT2D eigenvalue weighted by Gasteiger charge is 2.39. The maximum Gasteiger partial charge on any atom is 0.256 e. The molecule has 3 aromatic rings. The second kappa shape index (κ2) is 12.1. The summed E-state index contributed by atoms with van der Waals surface area (Å²) in [6.45, 7) is 10.1. The van der Waals surface area contributed by atoms with Crippen molar-refractivity contribution in [2.75, 3.05) is 0 Å². The van der Waals surface area contributed by atoms with E-state index in [2.05, 4.69) is 50.0 Å². The lowest BCUT2D eigenvalue weighted by Crippen LogP contribution is -2.49. The van der Waals surface area contributed by atoms with Crippen LogP contribution in [0.4, 0.5) is 0 Å². The molecule has 4 nitrogen and oxygen atoms in total. The summed E-state index contributed by atoms with van der Waals surface area (Å²) in [6, 6.07) is 20.5. The van der Waals surface area contributed by atoms with E-state index in [1.54, 1.807) is 6.08 Å². The third-order valence-electron chi connectivity index (χ3n) is 7.68. The Bertz CT molecular complexity index is 1260. The number of amides is 1. The van der Waals surface area contributed by atoms with E-state index in [0.29, 0.717) is 23.6 Å². The lowest BCUT2D eigenvalue weighted by molar-refractivity contribution is 0.0834. The first-order valence-corrected chi connectivity index (χ1v) is 13.5. The molecule has 4 rings (SSSR count). The van der Waals surface area contributed by atoms with Gasteiger partial charge >= 0.3 is 0 Å². The Morgan fingerprint density at radius 1 is 1.05 bits per heavy atom. The van der Waals surface area contributed by atoms with E-state index < -0.39 is 5.54 Å². The molecule has 0 bridgehead atoms. The van der Waals surface area contributed by atoms with Gasteiger partial charge in [-0.15, -0.1) is 0 Å². The van der Waals surface area contributed by atoms with Gasteiger partial charge in [-0.3, -0.25) is 4.79 Å². The molecule has 1 unspecified atom stereocenters. The highest BCUT2D eigenvalue weighted by atomic mass is 16.1. The molecule has 0 aliphatic heterocycles. The second-order valence-electron chi connectivity index (χ2n) is 10.1. The number of nitrogens with zero attached hydrogens (tertiary/aromatic N) is 2. The van der Waals surface area contributed by atoms with Gasteiger partial charge < -0.3 is 5.32 Å². The summed E-state index contributed by atoms with van der Waals surface area (Å²) in [5, 5.41) is 8.54. The van der Waals surface area contributed by atoms with Crippen LogP contribution < -0.4 is 5.32 Å². The number of benzene rings is 2. The fourth-order valence-corrected chi connectivity index (χ4v) is 5.61. The predicted octanol–water partition coefficient (Wildman–Crippen LogP) is 7.81. The van der Waals surface area contributed by atoms with E-state index in [1.807, 2.05) is 66.2 Å². The van der Waals surface area contributed by atoms with E-state index in [4.69, 9.17) is 5.10 Å². The highest BCUT2D eigenvalue weighted by Crippen LogP contribution is 2.40. The largest absolute Gasteiger partial charge is 0.342 e. The van der Waals surface area contributed by atoms with Crippen molar-refractivity contribution in [3.8, 4) is 5.69 Å². The molecule has 0 spiro atoms. The predicted molar refractivity (Wildman–Crippen MR) is 154 cm³/mol. The van der Waals surface area contributed by atoms with Crippen molar-refractivity contribution >= 4 is 11.5 Å². The molecule has 1 atom stereocenters. The van der Waals surface area contributed by atoms with E-state index in [-0.39, 0.29) is 5.91 Å². The minimum Gasteiger partial charge on any atom is -0.342 e. The molecule has 1 saturated carbocycles. The van der Waals surface area contributed by atoms with Crippen LogP contribution in [0.1, 0.15) is 80.2 Å². The van der Waals surface area contributed by atoms with Gasteiger partial charge in [-0.05, 0) is 62.3 Å². The van der Waals surface area contributed by atoms with Gasteiger partial charge in [0, 0.05) is 0 Å². The number of para-hydroxylation sites is 1. The van der Waals surface area contributed by atoms with E-state index in [0.717, 1.165) is 35.4 Å². The van der Waals surface area contributed by atoms with Crippen LogP contribution in [0.5, 0.6) is 0 Å². The number of carbonyl (C=O) groups is 1. The van der Waals surface area contributed by atoms with Gasteiger partial charge in [-0.1, -0.05) is 106 Å². The van der Waals surface area contributed by atoms with Crippen molar-refractivity contribution in [1.29, 1.82) is 0 Å². The molecule has 1 aliphatic carbocycles. The molecule has 1 amide bonds. The minimum atomic E-state index is -0.462. The van der Waals surface area contributed by atoms with Crippen LogP contribution in [0.3, 0.4) is 0 Å². The Balaban J connectivity index is 1.83. The van der Waals surface area contributed by atoms with E-state index in [1.165, 1.54) is 19.3 Å². The molecule has 0 saturated heterocycles. The number of hydrogen-bond donors (Lipinski definition) is 1. The number of nitrogens with one attached hydrogen (secondary N) is 1. The van der Waals surface area contributed by atoms with Crippen LogP contribution in [-0.2, 0) is 12.0 Å². The zero-order valence-corrected chi connectivity index (χ0v) is 22.4. The van der Waals surface area contributed by atoms with Gasteiger partial charge in [0.1, 0.15) is 5.69 Å². The van der Waals surface area contributed by atoms with Gasteiger partial charge in [0.15, 0.2) is 0 Å². The lowest BCUT2D eigenvalue weighted by atomic mass is 9.72. The van der Waals surface area contributed by atoms with Crippen molar-refractivity contribution in [2.24, 2.45) is 5.92 Å².